The number of piperidine rings is 1. The third-order valence-corrected chi connectivity index (χ3v) is 8.34. The summed E-state index contributed by atoms with van der Waals surface area (Å²) in [5, 5.41) is 0. The highest BCUT2D eigenvalue weighted by atomic mass is 16.2. The zero-order chi connectivity index (χ0) is 24.6. The number of amides is 2. The number of likely N-dealkylation sites (tertiary alicyclic amines) is 2. The van der Waals surface area contributed by atoms with E-state index in [1.54, 1.807) is 0 Å². The Balaban J connectivity index is 1.23. The van der Waals surface area contributed by atoms with Crippen molar-refractivity contribution in [1.29, 1.82) is 0 Å². The van der Waals surface area contributed by atoms with Gasteiger partial charge in [-0.2, -0.15) is 0 Å². The van der Waals surface area contributed by atoms with E-state index in [2.05, 4.69) is 51.0 Å². The highest BCUT2D eigenvalue weighted by Gasteiger charge is 2.44. The lowest BCUT2D eigenvalue weighted by Crippen LogP contribution is -2.54. The molecule has 1 saturated carbocycles. The summed E-state index contributed by atoms with van der Waals surface area (Å²) in [6.07, 6.45) is 6.48. The lowest BCUT2D eigenvalue weighted by Gasteiger charge is -2.45. The lowest BCUT2D eigenvalue weighted by molar-refractivity contribution is -0.135. The maximum absolute atomic E-state index is 13.2. The standard InChI is InChI=1S/C28H37N5O2/c1-20-25(21(2)30-19-29-20)27(35)31-15-12-28(3,13-16-31)32-14-11-24(18-32)33(26(34)23-9-10-23)17-22-7-5-4-6-8-22/h4-8,19,23-24H,9-18H2,1-3H3/t24-/m1/s1. The summed E-state index contributed by atoms with van der Waals surface area (Å²) in [4.78, 5) is 41.6. The lowest BCUT2D eigenvalue weighted by atomic mass is 9.87. The Bertz CT molecular complexity index is 1060. The molecule has 2 aromatic rings. The molecule has 5 rings (SSSR count). The van der Waals surface area contributed by atoms with Crippen LogP contribution in [0.15, 0.2) is 36.7 Å². The Morgan fingerprint density at radius 2 is 1.66 bits per heavy atom. The largest absolute Gasteiger partial charge is 0.338 e. The molecule has 3 heterocycles. The minimum atomic E-state index is 0.0455. The van der Waals surface area contributed by atoms with E-state index in [9.17, 15) is 9.59 Å². The fourth-order valence-electron chi connectivity index (χ4n) is 5.79. The third-order valence-electron chi connectivity index (χ3n) is 8.34. The topological polar surface area (TPSA) is 69.6 Å². The zero-order valence-corrected chi connectivity index (χ0v) is 21.2. The molecule has 3 fully saturated rings. The molecule has 2 amide bonds. The highest BCUT2D eigenvalue weighted by molar-refractivity contribution is 5.96. The molecule has 0 bridgehead atoms. The number of hydrogen-bond acceptors (Lipinski definition) is 5. The van der Waals surface area contributed by atoms with Gasteiger partial charge in [-0.3, -0.25) is 14.5 Å². The van der Waals surface area contributed by atoms with Gasteiger partial charge in [0.1, 0.15) is 6.33 Å². The van der Waals surface area contributed by atoms with Crippen molar-refractivity contribution in [3.8, 4) is 0 Å². The molecule has 0 unspecified atom stereocenters. The highest BCUT2D eigenvalue weighted by Crippen LogP contribution is 2.36. The van der Waals surface area contributed by atoms with Gasteiger partial charge in [-0.25, -0.2) is 9.97 Å². The molecule has 0 radical (unpaired) electrons. The number of nitrogens with zero attached hydrogens (tertiary/aromatic N) is 5. The molecule has 7 heteroatoms. The van der Waals surface area contributed by atoms with E-state index in [4.69, 9.17) is 0 Å². The van der Waals surface area contributed by atoms with Gasteiger partial charge >= 0.3 is 0 Å². The number of hydrogen-bond donors (Lipinski definition) is 0. The molecule has 1 atom stereocenters. The second-order valence-corrected chi connectivity index (χ2v) is 10.8. The van der Waals surface area contributed by atoms with Gasteiger partial charge in [0.2, 0.25) is 5.91 Å². The molecule has 1 aromatic heterocycles. The maximum Gasteiger partial charge on any atom is 0.257 e. The summed E-state index contributed by atoms with van der Waals surface area (Å²) in [5.74, 6) is 0.611. The van der Waals surface area contributed by atoms with Crippen molar-refractivity contribution < 1.29 is 9.59 Å². The summed E-state index contributed by atoms with van der Waals surface area (Å²) >= 11 is 0. The van der Waals surface area contributed by atoms with Crippen LogP contribution in [-0.4, -0.2) is 74.2 Å². The quantitative estimate of drug-likeness (QED) is 0.639. The smallest absolute Gasteiger partial charge is 0.257 e. The Kier molecular flexibility index (Phi) is 6.62. The third kappa shape index (κ3) is 4.96. The summed E-state index contributed by atoms with van der Waals surface area (Å²) in [7, 11) is 0. The van der Waals surface area contributed by atoms with Crippen molar-refractivity contribution in [2.24, 2.45) is 5.92 Å². The van der Waals surface area contributed by atoms with Crippen molar-refractivity contribution in [1.82, 2.24) is 24.7 Å². The predicted octanol–water partition coefficient (Wildman–Crippen LogP) is 3.60. The van der Waals surface area contributed by atoms with E-state index in [0.717, 1.165) is 69.7 Å². The molecule has 186 valence electrons. The van der Waals surface area contributed by atoms with E-state index in [1.165, 1.54) is 11.9 Å². The number of benzene rings is 1. The van der Waals surface area contributed by atoms with Crippen molar-refractivity contribution in [2.45, 2.75) is 71.0 Å². The summed E-state index contributed by atoms with van der Waals surface area (Å²) in [5.41, 5.74) is 3.39. The van der Waals surface area contributed by atoms with Gasteiger partial charge < -0.3 is 9.80 Å². The van der Waals surface area contributed by atoms with E-state index >= 15 is 0 Å². The van der Waals surface area contributed by atoms with E-state index < -0.39 is 0 Å². The Morgan fingerprint density at radius 1 is 1.00 bits per heavy atom. The van der Waals surface area contributed by atoms with Crippen LogP contribution >= 0.6 is 0 Å². The first-order chi connectivity index (χ1) is 16.9. The van der Waals surface area contributed by atoms with Crippen molar-refractivity contribution in [2.75, 3.05) is 26.2 Å². The van der Waals surface area contributed by atoms with Gasteiger partial charge in [0.25, 0.3) is 5.91 Å². The average Bonchev–Trinajstić information content (AvgIpc) is 3.59. The first-order valence-electron chi connectivity index (χ1n) is 13.0. The van der Waals surface area contributed by atoms with Crippen LogP contribution in [0.4, 0.5) is 0 Å². The number of carbonyl (C=O) groups is 2. The first-order valence-corrected chi connectivity index (χ1v) is 13.0. The molecular weight excluding hydrogens is 438 g/mol. The van der Waals surface area contributed by atoms with Crippen LogP contribution in [0.1, 0.15) is 66.3 Å². The van der Waals surface area contributed by atoms with Gasteiger partial charge in [0.05, 0.1) is 17.0 Å². The molecule has 35 heavy (non-hydrogen) atoms. The van der Waals surface area contributed by atoms with Gasteiger partial charge in [-0.05, 0) is 58.4 Å². The number of aromatic nitrogens is 2. The summed E-state index contributed by atoms with van der Waals surface area (Å²) < 4.78 is 0. The van der Waals surface area contributed by atoms with Crippen LogP contribution in [-0.2, 0) is 11.3 Å². The molecule has 7 nitrogen and oxygen atoms in total. The minimum absolute atomic E-state index is 0.0455. The van der Waals surface area contributed by atoms with Crippen LogP contribution in [0.2, 0.25) is 0 Å². The Labute approximate surface area is 208 Å². The SMILES string of the molecule is Cc1ncnc(C)c1C(=O)N1CCC(C)(N2CC[C@@H](N(Cc3ccccc3)C(=O)C3CC3)C2)CC1. The van der Waals surface area contributed by atoms with Gasteiger partial charge in [0.15, 0.2) is 0 Å². The molecule has 2 aliphatic heterocycles. The zero-order valence-electron chi connectivity index (χ0n) is 21.2. The van der Waals surface area contributed by atoms with E-state index in [0.29, 0.717) is 18.0 Å². The van der Waals surface area contributed by atoms with Crippen LogP contribution in [0.25, 0.3) is 0 Å². The molecule has 1 aliphatic carbocycles. The Morgan fingerprint density at radius 3 is 2.29 bits per heavy atom. The average molecular weight is 476 g/mol. The number of aryl methyl sites for hydroxylation is 2. The van der Waals surface area contributed by atoms with E-state index in [-0.39, 0.29) is 23.4 Å². The molecule has 3 aliphatic rings. The second kappa shape index (κ2) is 9.69. The van der Waals surface area contributed by atoms with Crippen LogP contribution in [0.3, 0.4) is 0 Å². The molecule has 0 spiro atoms. The fraction of sp³-hybridized carbons (Fsp3) is 0.571. The predicted molar refractivity (Wildman–Crippen MR) is 135 cm³/mol. The van der Waals surface area contributed by atoms with Gasteiger partial charge in [-0.1, -0.05) is 30.3 Å². The van der Waals surface area contributed by atoms with Crippen LogP contribution in [0, 0.1) is 19.8 Å². The summed E-state index contributed by atoms with van der Waals surface area (Å²) in [6.45, 7) is 10.2. The summed E-state index contributed by atoms with van der Waals surface area (Å²) in [6, 6.07) is 10.6. The molecule has 2 saturated heterocycles. The van der Waals surface area contributed by atoms with Gasteiger partial charge in [0, 0.05) is 50.2 Å². The van der Waals surface area contributed by atoms with E-state index in [1.807, 2.05) is 24.8 Å². The van der Waals surface area contributed by atoms with Crippen LogP contribution < -0.4 is 0 Å². The van der Waals surface area contributed by atoms with Crippen LogP contribution in [0.5, 0.6) is 0 Å². The second-order valence-electron chi connectivity index (χ2n) is 10.8. The Hall–Kier alpha value is -2.80. The molecular formula is C28H37N5O2. The fourth-order valence-corrected chi connectivity index (χ4v) is 5.79. The van der Waals surface area contributed by atoms with Gasteiger partial charge in [-0.15, -0.1) is 0 Å². The van der Waals surface area contributed by atoms with Crippen molar-refractivity contribution in [3.05, 3.63) is 59.2 Å². The number of carbonyl (C=O) groups excluding carboxylic acids is 2. The molecule has 1 aromatic carbocycles. The van der Waals surface area contributed by atoms with Crippen molar-refractivity contribution in [3.63, 3.8) is 0 Å². The normalized spacial score (nSPS) is 22.3. The maximum atomic E-state index is 13.2. The monoisotopic (exact) mass is 475 g/mol. The van der Waals surface area contributed by atoms with Crippen molar-refractivity contribution >= 4 is 11.8 Å². The first kappa shape index (κ1) is 23.9. The number of rotatable bonds is 6. The minimum Gasteiger partial charge on any atom is -0.338 e. The molecule has 0 N–H and O–H groups in total.